The fraction of sp³-hybridized carbons (Fsp3) is 0.212. The maximum absolute atomic E-state index is 12.4. The van der Waals surface area contributed by atoms with Gasteiger partial charge in [-0.3, -0.25) is 14.4 Å². The SMILES string of the molecule is CS(=O)(=O)Nc1ccc(Oc2ccc(CN3CCC(c4ccc(NC(=O)Nc5cccc(C(N)=O)c5)cc4)CC3)cc2)cc1.Cl. The quantitative estimate of drug-likeness (QED) is 0.157. The average Bonchev–Trinajstić information content (AvgIpc) is 2.99. The monoisotopic (exact) mass is 649 g/mol. The lowest BCUT2D eigenvalue weighted by atomic mass is 9.89. The fourth-order valence-corrected chi connectivity index (χ4v) is 5.73. The van der Waals surface area contributed by atoms with E-state index in [1.807, 2.05) is 24.3 Å². The molecule has 0 saturated carbocycles. The van der Waals surface area contributed by atoms with Gasteiger partial charge in [0.1, 0.15) is 11.5 Å². The number of urea groups is 1. The summed E-state index contributed by atoms with van der Waals surface area (Å²) in [5.74, 6) is 1.24. The number of hydrogen-bond acceptors (Lipinski definition) is 6. The molecule has 236 valence electrons. The van der Waals surface area contributed by atoms with Gasteiger partial charge >= 0.3 is 6.03 Å². The highest BCUT2D eigenvalue weighted by Crippen LogP contribution is 2.30. The zero-order chi connectivity index (χ0) is 31.1. The van der Waals surface area contributed by atoms with Crippen LogP contribution in [0.1, 0.15) is 40.2 Å². The van der Waals surface area contributed by atoms with Crippen molar-refractivity contribution >= 4 is 51.4 Å². The molecule has 0 spiro atoms. The van der Waals surface area contributed by atoms with Crippen LogP contribution in [0, 0.1) is 0 Å². The number of nitrogens with zero attached hydrogens (tertiary/aromatic N) is 1. The summed E-state index contributed by atoms with van der Waals surface area (Å²) in [5, 5.41) is 5.55. The summed E-state index contributed by atoms with van der Waals surface area (Å²) < 4.78 is 31.1. The maximum atomic E-state index is 12.4. The molecule has 4 aromatic carbocycles. The highest BCUT2D eigenvalue weighted by atomic mass is 35.5. The number of anilines is 3. The summed E-state index contributed by atoms with van der Waals surface area (Å²) >= 11 is 0. The Bertz CT molecular complexity index is 1710. The first-order valence-electron chi connectivity index (χ1n) is 14.2. The van der Waals surface area contributed by atoms with Gasteiger partial charge in [0.15, 0.2) is 0 Å². The number of hydrogen-bond donors (Lipinski definition) is 4. The molecule has 5 rings (SSSR count). The van der Waals surface area contributed by atoms with Crippen LogP contribution in [-0.2, 0) is 16.6 Å². The molecule has 0 aromatic heterocycles. The lowest BCUT2D eigenvalue weighted by molar-refractivity contribution is 0.1000. The van der Waals surface area contributed by atoms with Gasteiger partial charge in [0.2, 0.25) is 15.9 Å². The molecule has 1 fully saturated rings. The number of benzene rings is 4. The Hall–Kier alpha value is -4.58. The minimum Gasteiger partial charge on any atom is -0.457 e. The Balaban J connectivity index is 0.00000461. The van der Waals surface area contributed by atoms with Gasteiger partial charge in [-0.15, -0.1) is 12.4 Å². The third-order valence-electron chi connectivity index (χ3n) is 7.36. The van der Waals surface area contributed by atoms with Crippen LogP contribution in [0.3, 0.4) is 0 Å². The first kappa shape index (κ1) is 33.3. The molecule has 5 N–H and O–H groups in total. The number of nitrogens with one attached hydrogen (secondary N) is 3. The number of carbonyl (C=O) groups excluding carboxylic acids is 2. The first-order valence-corrected chi connectivity index (χ1v) is 16.1. The highest BCUT2D eigenvalue weighted by Gasteiger charge is 2.21. The van der Waals surface area contributed by atoms with Gasteiger partial charge in [0.25, 0.3) is 0 Å². The predicted molar refractivity (Wildman–Crippen MR) is 180 cm³/mol. The van der Waals surface area contributed by atoms with Crippen LogP contribution in [0.2, 0.25) is 0 Å². The molecule has 0 unspecified atom stereocenters. The molecule has 4 aromatic rings. The van der Waals surface area contributed by atoms with Gasteiger partial charge in [-0.2, -0.15) is 0 Å². The summed E-state index contributed by atoms with van der Waals surface area (Å²) in [6.07, 6.45) is 3.21. The molecule has 0 aliphatic carbocycles. The van der Waals surface area contributed by atoms with Gasteiger partial charge in [-0.05, 0) is 110 Å². The molecular formula is C33H36ClN5O5S. The normalized spacial score (nSPS) is 13.7. The largest absolute Gasteiger partial charge is 0.457 e. The average molecular weight is 650 g/mol. The summed E-state index contributed by atoms with van der Waals surface area (Å²) in [6.45, 7) is 2.84. The number of primary amides is 1. The number of sulfonamides is 1. The Morgan fingerprint density at radius 2 is 1.40 bits per heavy atom. The number of amides is 3. The van der Waals surface area contributed by atoms with Crippen molar-refractivity contribution in [1.29, 1.82) is 0 Å². The molecule has 3 amide bonds. The van der Waals surface area contributed by atoms with E-state index in [0.717, 1.165) is 38.7 Å². The smallest absolute Gasteiger partial charge is 0.323 e. The number of halogens is 1. The second kappa shape index (κ2) is 14.9. The first-order chi connectivity index (χ1) is 21.1. The lowest BCUT2D eigenvalue weighted by Gasteiger charge is -2.32. The van der Waals surface area contributed by atoms with Crippen molar-refractivity contribution in [3.8, 4) is 11.5 Å². The zero-order valence-electron chi connectivity index (χ0n) is 24.7. The molecule has 45 heavy (non-hydrogen) atoms. The Labute approximate surface area is 269 Å². The van der Waals surface area contributed by atoms with E-state index in [2.05, 4.69) is 44.5 Å². The van der Waals surface area contributed by atoms with Gasteiger partial charge in [0.05, 0.1) is 6.26 Å². The summed E-state index contributed by atoms with van der Waals surface area (Å²) in [4.78, 5) is 26.2. The molecule has 1 aliphatic heterocycles. The van der Waals surface area contributed by atoms with Crippen molar-refractivity contribution in [2.75, 3.05) is 34.7 Å². The molecule has 0 bridgehead atoms. The van der Waals surface area contributed by atoms with E-state index in [0.29, 0.717) is 40.0 Å². The topological polar surface area (TPSA) is 143 Å². The van der Waals surface area contributed by atoms with E-state index < -0.39 is 22.0 Å². The van der Waals surface area contributed by atoms with Crippen LogP contribution in [0.25, 0.3) is 0 Å². The van der Waals surface area contributed by atoms with Gasteiger partial charge in [-0.25, -0.2) is 13.2 Å². The Kier molecular flexibility index (Phi) is 11.1. The molecule has 1 heterocycles. The van der Waals surface area contributed by atoms with E-state index >= 15 is 0 Å². The number of rotatable bonds is 10. The molecule has 1 saturated heterocycles. The number of likely N-dealkylation sites (tertiary alicyclic amines) is 1. The minimum absolute atomic E-state index is 0. The minimum atomic E-state index is -3.32. The zero-order valence-corrected chi connectivity index (χ0v) is 26.4. The van der Waals surface area contributed by atoms with Crippen molar-refractivity contribution in [2.24, 2.45) is 5.73 Å². The van der Waals surface area contributed by atoms with Crippen molar-refractivity contribution in [1.82, 2.24) is 4.90 Å². The second-order valence-electron chi connectivity index (χ2n) is 10.8. The summed E-state index contributed by atoms with van der Waals surface area (Å²) in [5.41, 5.74) is 9.76. The number of ether oxygens (including phenoxy) is 1. The van der Waals surface area contributed by atoms with Crippen LogP contribution in [0.15, 0.2) is 97.1 Å². The van der Waals surface area contributed by atoms with Crippen LogP contribution in [0.4, 0.5) is 21.9 Å². The van der Waals surface area contributed by atoms with E-state index in [4.69, 9.17) is 10.5 Å². The third-order valence-corrected chi connectivity index (χ3v) is 7.96. The van der Waals surface area contributed by atoms with E-state index in [1.54, 1.807) is 42.5 Å². The Morgan fingerprint density at radius 1 is 0.822 bits per heavy atom. The van der Waals surface area contributed by atoms with Gasteiger partial charge in [-0.1, -0.05) is 30.3 Å². The fourth-order valence-electron chi connectivity index (χ4n) is 5.17. The molecular weight excluding hydrogens is 614 g/mol. The number of carbonyl (C=O) groups is 2. The molecule has 0 atom stereocenters. The van der Waals surface area contributed by atoms with Crippen LogP contribution < -0.4 is 25.8 Å². The molecule has 1 aliphatic rings. The summed E-state index contributed by atoms with van der Waals surface area (Å²) in [7, 11) is -3.32. The second-order valence-corrected chi connectivity index (χ2v) is 12.6. The van der Waals surface area contributed by atoms with Crippen molar-refractivity contribution in [3.05, 3.63) is 114 Å². The number of piperidine rings is 1. The van der Waals surface area contributed by atoms with E-state index in [-0.39, 0.29) is 12.4 Å². The molecule has 10 nitrogen and oxygen atoms in total. The highest BCUT2D eigenvalue weighted by molar-refractivity contribution is 7.92. The van der Waals surface area contributed by atoms with Crippen LogP contribution >= 0.6 is 12.4 Å². The number of nitrogens with two attached hydrogens (primary N) is 1. The van der Waals surface area contributed by atoms with Gasteiger partial charge < -0.3 is 21.1 Å². The van der Waals surface area contributed by atoms with E-state index in [1.165, 1.54) is 17.2 Å². The van der Waals surface area contributed by atoms with Crippen molar-refractivity contribution in [3.63, 3.8) is 0 Å². The molecule has 0 radical (unpaired) electrons. The van der Waals surface area contributed by atoms with Crippen LogP contribution in [0.5, 0.6) is 11.5 Å². The summed E-state index contributed by atoms with van der Waals surface area (Å²) in [6, 6.07) is 28.8. The molecule has 12 heteroatoms. The van der Waals surface area contributed by atoms with Gasteiger partial charge in [0, 0.05) is 29.2 Å². The van der Waals surface area contributed by atoms with E-state index in [9.17, 15) is 18.0 Å². The van der Waals surface area contributed by atoms with Crippen LogP contribution in [-0.4, -0.2) is 44.6 Å². The third kappa shape index (κ3) is 9.97. The lowest BCUT2D eigenvalue weighted by Crippen LogP contribution is -2.32. The van der Waals surface area contributed by atoms with Crippen molar-refractivity contribution < 1.29 is 22.7 Å². The Morgan fingerprint density at radius 3 is 2.00 bits per heavy atom. The predicted octanol–water partition coefficient (Wildman–Crippen LogP) is 6.39. The maximum Gasteiger partial charge on any atom is 0.323 e. The van der Waals surface area contributed by atoms with Crippen molar-refractivity contribution in [2.45, 2.75) is 25.3 Å². The standard InChI is InChI=1S/C33H35N5O5S.ClH/c1-44(41,42)37-28-11-15-31(16-12-28)43-30-13-5-23(6-14-30)22-38-19-17-25(18-20-38)24-7-9-27(10-8-24)35-33(40)36-29-4-2-3-26(21-29)32(34)39;/h2-16,21,25,37H,17-20,22H2,1H3,(H2,34,39)(H2,35,36,40);1H.